The normalized spacial score (nSPS) is 28.6. The second-order valence-electron chi connectivity index (χ2n) is 4.72. The first-order chi connectivity index (χ1) is 7.77. The third-order valence-electron chi connectivity index (χ3n) is 3.41. The van der Waals surface area contributed by atoms with Crippen LogP contribution in [0.1, 0.15) is 49.9 Å². The van der Waals surface area contributed by atoms with E-state index in [2.05, 4.69) is 29.8 Å². The molecule has 2 nitrogen and oxygen atoms in total. The molecular formula is C13H21NOS. The summed E-state index contributed by atoms with van der Waals surface area (Å²) >= 11 is 1.78. The van der Waals surface area contributed by atoms with Crippen molar-refractivity contribution in [2.45, 2.75) is 57.2 Å². The third-order valence-corrected chi connectivity index (χ3v) is 4.47. The molecule has 1 aliphatic rings. The molecule has 0 bridgehead atoms. The van der Waals surface area contributed by atoms with Crippen molar-refractivity contribution in [1.82, 2.24) is 5.32 Å². The topological polar surface area (TPSA) is 32.3 Å². The minimum absolute atomic E-state index is 0.162. The summed E-state index contributed by atoms with van der Waals surface area (Å²) in [7, 11) is 0. The molecule has 0 amide bonds. The SMILES string of the molecule is CC(NC1CCCCCC1O)c1cccs1. The number of thiophene rings is 1. The van der Waals surface area contributed by atoms with Gasteiger partial charge in [-0.2, -0.15) is 0 Å². The van der Waals surface area contributed by atoms with Crippen LogP contribution in [0.15, 0.2) is 17.5 Å². The van der Waals surface area contributed by atoms with Gasteiger partial charge >= 0.3 is 0 Å². The fraction of sp³-hybridized carbons (Fsp3) is 0.692. The fourth-order valence-electron chi connectivity index (χ4n) is 2.42. The van der Waals surface area contributed by atoms with Gasteiger partial charge in [0.25, 0.3) is 0 Å². The monoisotopic (exact) mass is 239 g/mol. The molecule has 0 spiro atoms. The molecule has 3 atom stereocenters. The Morgan fingerprint density at radius 1 is 1.38 bits per heavy atom. The first-order valence-corrected chi connectivity index (χ1v) is 7.13. The molecule has 0 aliphatic heterocycles. The van der Waals surface area contributed by atoms with Crippen LogP contribution >= 0.6 is 11.3 Å². The van der Waals surface area contributed by atoms with E-state index >= 15 is 0 Å². The molecule has 1 aliphatic carbocycles. The summed E-state index contributed by atoms with van der Waals surface area (Å²) in [6, 6.07) is 4.88. The number of nitrogens with one attached hydrogen (secondary N) is 1. The Hall–Kier alpha value is -0.380. The van der Waals surface area contributed by atoms with Crippen molar-refractivity contribution < 1.29 is 5.11 Å². The summed E-state index contributed by atoms with van der Waals surface area (Å²) in [5.41, 5.74) is 0. The molecule has 1 fully saturated rings. The second kappa shape index (κ2) is 5.80. The Bertz CT molecular complexity index is 299. The van der Waals surface area contributed by atoms with Gasteiger partial charge in [0, 0.05) is 17.0 Å². The van der Waals surface area contributed by atoms with Crippen LogP contribution < -0.4 is 5.32 Å². The van der Waals surface area contributed by atoms with Crippen LogP contribution in [0.5, 0.6) is 0 Å². The van der Waals surface area contributed by atoms with Crippen molar-refractivity contribution in [3.8, 4) is 0 Å². The molecule has 0 aromatic carbocycles. The maximum Gasteiger partial charge on any atom is 0.0693 e. The molecule has 1 aromatic rings. The summed E-state index contributed by atoms with van der Waals surface area (Å²) in [6.45, 7) is 2.18. The molecule has 0 saturated heterocycles. The van der Waals surface area contributed by atoms with Crippen molar-refractivity contribution in [1.29, 1.82) is 0 Å². The van der Waals surface area contributed by atoms with Gasteiger partial charge < -0.3 is 10.4 Å². The van der Waals surface area contributed by atoms with E-state index in [0.717, 1.165) is 12.8 Å². The summed E-state index contributed by atoms with van der Waals surface area (Å²) in [5.74, 6) is 0. The van der Waals surface area contributed by atoms with Gasteiger partial charge in [0.2, 0.25) is 0 Å². The van der Waals surface area contributed by atoms with Crippen LogP contribution in [0.25, 0.3) is 0 Å². The number of hydrogen-bond acceptors (Lipinski definition) is 3. The highest BCUT2D eigenvalue weighted by molar-refractivity contribution is 7.10. The summed E-state index contributed by atoms with van der Waals surface area (Å²) < 4.78 is 0. The Morgan fingerprint density at radius 2 is 2.19 bits per heavy atom. The van der Waals surface area contributed by atoms with Crippen molar-refractivity contribution in [3.63, 3.8) is 0 Å². The van der Waals surface area contributed by atoms with Crippen LogP contribution in [0.2, 0.25) is 0 Å². The highest BCUT2D eigenvalue weighted by Gasteiger charge is 2.23. The Kier molecular flexibility index (Phi) is 4.38. The minimum Gasteiger partial charge on any atom is -0.392 e. The molecule has 2 rings (SSSR count). The Balaban J connectivity index is 1.92. The van der Waals surface area contributed by atoms with Crippen LogP contribution in [0.3, 0.4) is 0 Å². The third kappa shape index (κ3) is 3.06. The molecule has 3 unspecified atom stereocenters. The summed E-state index contributed by atoms with van der Waals surface area (Å²) in [6.07, 6.45) is 5.58. The maximum absolute atomic E-state index is 10.0. The number of aliphatic hydroxyl groups is 1. The van der Waals surface area contributed by atoms with Crippen molar-refractivity contribution in [2.75, 3.05) is 0 Å². The van der Waals surface area contributed by atoms with Gasteiger partial charge in [-0.15, -0.1) is 11.3 Å². The molecular weight excluding hydrogens is 218 g/mol. The van der Waals surface area contributed by atoms with E-state index in [1.165, 1.54) is 24.1 Å². The molecule has 1 heterocycles. The Labute approximate surface area is 102 Å². The lowest BCUT2D eigenvalue weighted by Crippen LogP contribution is -2.40. The smallest absolute Gasteiger partial charge is 0.0693 e. The van der Waals surface area contributed by atoms with E-state index in [4.69, 9.17) is 0 Å². The zero-order chi connectivity index (χ0) is 11.4. The van der Waals surface area contributed by atoms with E-state index < -0.39 is 0 Å². The molecule has 2 N–H and O–H groups in total. The maximum atomic E-state index is 10.0. The van der Waals surface area contributed by atoms with Crippen LogP contribution in [0.4, 0.5) is 0 Å². The van der Waals surface area contributed by atoms with E-state index in [0.29, 0.717) is 6.04 Å². The molecule has 0 radical (unpaired) electrons. The molecule has 90 valence electrons. The number of aliphatic hydroxyl groups excluding tert-OH is 1. The average Bonchev–Trinajstić information content (AvgIpc) is 2.73. The van der Waals surface area contributed by atoms with Crippen LogP contribution in [-0.2, 0) is 0 Å². The number of hydrogen-bond donors (Lipinski definition) is 2. The van der Waals surface area contributed by atoms with Crippen LogP contribution in [-0.4, -0.2) is 17.3 Å². The van der Waals surface area contributed by atoms with Crippen molar-refractivity contribution >= 4 is 11.3 Å². The zero-order valence-electron chi connectivity index (χ0n) is 9.86. The molecule has 1 saturated carbocycles. The van der Waals surface area contributed by atoms with Gasteiger partial charge in [-0.25, -0.2) is 0 Å². The molecule has 1 aromatic heterocycles. The lowest BCUT2D eigenvalue weighted by Gasteiger charge is -2.25. The second-order valence-corrected chi connectivity index (χ2v) is 5.69. The predicted molar refractivity (Wildman–Crippen MR) is 68.7 cm³/mol. The average molecular weight is 239 g/mol. The van der Waals surface area contributed by atoms with Crippen molar-refractivity contribution in [2.24, 2.45) is 0 Å². The van der Waals surface area contributed by atoms with Gasteiger partial charge in [-0.05, 0) is 31.2 Å². The number of rotatable bonds is 3. The fourth-order valence-corrected chi connectivity index (χ4v) is 3.17. The molecule has 3 heteroatoms. The highest BCUT2D eigenvalue weighted by atomic mass is 32.1. The van der Waals surface area contributed by atoms with Gasteiger partial charge in [0.15, 0.2) is 0 Å². The van der Waals surface area contributed by atoms with E-state index in [-0.39, 0.29) is 12.1 Å². The van der Waals surface area contributed by atoms with Gasteiger partial charge in [-0.3, -0.25) is 0 Å². The van der Waals surface area contributed by atoms with E-state index in [9.17, 15) is 5.11 Å². The summed E-state index contributed by atoms with van der Waals surface area (Å²) in [5, 5.41) is 15.7. The van der Waals surface area contributed by atoms with E-state index in [1.807, 2.05) is 0 Å². The van der Waals surface area contributed by atoms with Gasteiger partial charge in [-0.1, -0.05) is 25.3 Å². The van der Waals surface area contributed by atoms with E-state index in [1.54, 1.807) is 11.3 Å². The largest absolute Gasteiger partial charge is 0.392 e. The van der Waals surface area contributed by atoms with Crippen LogP contribution in [0, 0.1) is 0 Å². The quantitative estimate of drug-likeness (QED) is 0.794. The summed E-state index contributed by atoms with van der Waals surface area (Å²) in [4.78, 5) is 1.36. The standard InChI is InChI=1S/C13H21NOS/c1-10(13-8-5-9-16-13)14-11-6-3-2-4-7-12(11)15/h5,8-12,14-15H,2-4,6-7H2,1H3. The first kappa shape index (κ1) is 12.1. The predicted octanol–water partition coefficient (Wildman–Crippen LogP) is 3.09. The highest BCUT2D eigenvalue weighted by Crippen LogP contribution is 2.23. The lowest BCUT2D eigenvalue weighted by molar-refractivity contribution is 0.115. The molecule has 16 heavy (non-hydrogen) atoms. The lowest BCUT2D eigenvalue weighted by atomic mass is 10.0. The Morgan fingerprint density at radius 3 is 2.94 bits per heavy atom. The zero-order valence-corrected chi connectivity index (χ0v) is 10.7. The first-order valence-electron chi connectivity index (χ1n) is 6.25. The van der Waals surface area contributed by atoms with Gasteiger partial charge in [0.05, 0.1) is 6.10 Å². The van der Waals surface area contributed by atoms with Gasteiger partial charge in [0.1, 0.15) is 0 Å². The van der Waals surface area contributed by atoms with Crippen molar-refractivity contribution in [3.05, 3.63) is 22.4 Å². The minimum atomic E-state index is -0.162.